The zero-order valence-electron chi connectivity index (χ0n) is 9.14. The third kappa shape index (κ3) is 1.87. The first-order chi connectivity index (χ1) is 8.16. The van der Waals surface area contributed by atoms with Crippen LogP contribution in [0.1, 0.15) is 33.6 Å². The molecule has 0 saturated carbocycles. The van der Waals surface area contributed by atoms with Gasteiger partial charge in [-0.15, -0.1) is 0 Å². The maximum absolute atomic E-state index is 12.0. The molecule has 0 radical (unpaired) electrons. The zero-order valence-corrected chi connectivity index (χ0v) is 9.14. The van der Waals surface area contributed by atoms with Crippen molar-refractivity contribution in [2.24, 2.45) is 0 Å². The quantitative estimate of drug-likeness (QED) is 0.830. The van der Waals surface area contributed by atoms with E-state index in [0.29, 0.717) is 12.0 Å². The highest BCUT2D eigenvalue weighted by Crippen LogP contribution is 2.27. The summed E-state index contributed by atoms with van der Waals surface area (Å²) in [6.45, 7) is -0.0834. The Morgan fingerprint density at radius 2 is 1.59 bits per heavy atom. The van der Waals surface area contributed by atoms with Crippen molar-refractivity contribution in [1.82, 2.24) is 0 Å². The van der Waals surface area contributed by atoms with Gasteiger partial charge < -0.3 is 10.2 Å². The van der Waals surface area contributed by atoms with Crippen LogP contribution in [-0.4, -0.2) is 28.4 Å². The highest BCUT2D eigenvalue weighted by Gasteiger charge is 2.31. The van der Waals surface area contributed by atoms with Crippen LogP contribution in [0.4, 0.5) is 0 Å². The van der Waals surface area contributed by atoms with E-state index in [-0.39, 0.29) is 29.9 Å². The van der Waals surface area contributed by atoms with E-state index in [1.165, 1.54) is 6.07 Å². The SMILES string of the molecule is O=C1C(O)=C(CCCO)C(=O)c2ccccc21. The first-order valence-electron chi connectivity index (χ1n) is 5.38. The number of Topliss-reactive ketones (excluding diaryl/α,β-unsaturated/α-hetero) is 2. The Labute approximate surface area is 98.2 Å². The fourth-order valence-electron chi connectivity index (χ4n) is 1.90. The average Bonchev–Trinajstić information content (AvgIpc) is 2.36. The minimum atomic E-state index is -0.520. The van der Waals surface area contributed by atoms with Gasteiger partial charge in [0.2, 0.25) is 5.78 Å². The predicted molar refractivity (Wildman–Crippen MR) is 61.1 cm³/mol. The van der Waals surface area contributed by atoms with E-state index in [1.54, 1.807) is 18.2 Å². The molecule has 0 unspecified atom stereocenters. The second-order valence-corrected chi connectivity index (χ2v) is 3.86. The predicted octanol–water partition coefficient (Wildman–Crippen LogP) is 1.65. The largest absolute Gasteiger partial charge is 0.504 e. The van der Waals surface area contributed by atoms with E-state index in [4.69, 9.17) is 5.11 Å². The molecule has 0 heterocycles. The zero-order chi connectivity index (χ0) is 12.4. The highest BCUT2D eigenvalue weighted by molar-refractivity contribution is 6.25. The Bertz CT molecular complexity index is 514. The summed E-state index contributed by atoms with van der Waals surface area (Å²) in [5.41, 5.74) is 0.661. The molecule has 1 aliphatic rings. The second kappa shape index (κ2) is 4.51. The summed E-state index contributed by atoms with van der Waals surface area (Å²) in [5.74, 6) is -1.33. The lowest BCUT2D eigenvalue weighted by Gasteiger charge is -2.17. The summed E-state index contributed by atoms with van der Waals surface area (Å²) in [6, 6.07) is 6.42. The second-order valence-electron chi connectivity index (χ2n) is 3.86. The molecule has 0 aromatic heterocycles. The normalized spacial score (nSPS) is 15.1. The van der Waals surface area contributed by atoms with Crippen molar-refractivity contribution in [3.05, 3.63) is 46.7 Å². The Kier molecular flexibility index (Phi) is 3.06. The van der Waals surface area contributed by atoms with E-state index in [0.717, 1.165) is 0 Å². The van der Waals surface area contributed by atoms with Crippen LogP contribution in [0, 0.1) is 0 Å². The van der Waals surface area contributed by atoms with Crippen molar-refractivity contribution in [3.63, 3.8) is 0 Å². The number of benzene rings is 1. The fraction of sp³-hybridized carbons (Fsp3) is 0.231. The van der Waals surface area contributed by atoms with Gasteiger partial charge in [0.25, 0.3) is 0 Å². The van der Waals surface area contributed by atoms with Gasteiger partial charge in [-0.05, 0) is 12.8 Å². The molecule has 2 rings (SSSR count). The summed E-state index contributed by atoms with van der Waals surface area (Å²) in [5, 5.41) is 18.4. The number of hydrogen-bond acceptors (Lipinski definition) is 4. The Morgan fingerprint density at radius 1 is 1.00 bits per heavy atom. The van der Waals surface area contributed by atoms with Gasteiger partial charge in [-0.2, -0.15) is 0 Å². The van der Waals surface area contributed by atoms with Gasteiger partial charge in [0.05, 0.1) is 0 Å². The van der Waals surface area contributed by atoms with Crippen LogP contribution >= 0.6 is 0 Å². The fourth-order valence-corrected chi connectivity index (χ4v) is 1.90. The minimum Gasteiger partial charge on any atom is -0.504 e. The lowest BCUT2D eigenvalue weighted by atomic mass is 9.86. The summed E-state index contributed by atoms with van der Waals surface area (Å²) in [6.07, 6.45) is 0.557. The molecule has 1 aromatic rings. The molecule has 2 N–H and O–H groups in total. The molecular formula is C13H12O4. The lowest BCUT2D eigenvalue weighted by molar-refractivity contribution is 0.0925. The highest BCUT2D eigenvalue weighted by atomic mass is 16.3. The molecule has 0 fully saturated rings. The maximum Gasteiger partial charge on any atom is 0.228 e. The van der Waals surface area contributed by atoms with Crippen molar-refractivity contribution in [1.29, 1.82) is 0 Å². The van der Waals surface area contributed by atoms with Gasteiger partial charge in [0, 0.05) is 23.3 Å². The number of hydrogen-bond donors (Lipinski definition) is 2. The monoisotopic (exact) mass is 232 g/mol. The molecule has 4 nitrogen and oxygen atoms in total. The standard InChI is InChI=1S/C13H12O4/c14-7-3-6-10-11(15)8-4-1-2-5-9(8)12(16)13(10)17/h1-2,4-5,14,17H,3,6-7H2. The van der Waals surface area contributed by atoms with Gasteiger partial charge in [-0.3, -0.25) is 9.59 Å². The average molecular weight is 232 g/mol. The van der Waals surface area contributed by atoms with Crippen molar-refractivity contribution in [3.8, 4) is 0 Å². The van der Waals surface area contributed by atoms with E-state index in [9.17, 15) is 14.7 Å². The van der Waals surface area contributed by atoms with Crippen LogP contribution in [0.3, 0.4) is 0 Å². The first-order valence-corrected chi connectivity index (χ1v) is 5.38. The molecule has 17 heavy (non-hydrogen) atoms. The molecule has 0 aliphatic heterocycles. The third-order valence-corrected chi connectivity index (χ3v) is 2.78. The first kappa shape index (κ1) is 11.5. The lowest BCUT2D eigenvalue weighted by Crippen LogP contribution is -2.22. The number of aliphatic hydroxyl groups is 2. The number of carbonyl (C=O) groups excluding carboxylic acids is 2. The number of fused-ring (bicyclic) bond motifs is 1. The summed E-state index contributed by atoms with van der Waals surface area (Å²) in [7, 11) is 0. The molecule has 0 atom stereocenters. The number of ketones is 2. The van der Waals surface area contributed by atoms with Crippen molar-refractivity contribution in [2.75, 3.05) is 6.61 Å². The maximum atomic E-state index is 12.0. The molecule has 0 amide bonds. The molecule has 0 bridgehead atoms. The Hall–Kier alpha value is -1.94. The molecule has 0 saturated heterocycles. The third-order valence-electron chi connectivity index (χ3n) is 2.78. The number of rotatable bonds is 3. The summed E-state index contributed by atoms with van der Waals surface area (Å²) < 4.78 is 0. The van der Waals surface area contributed by atoms with Crippen molar-refractivity contribution in [2.45, 2.75) is 12.8 Å². The van der Waals surface area contributed by atoms with Crippen LogP contribution in [0.2, 0.25) is 0 Å². The van der Waals surface area contributed by atoms with Crippen LogP contribution in [0.25, 0.3) is 0 Å². The van der Waals surface area contributed by atoms with E-state index in [1.807, 2.05) is 0 Å². The van der Waals surface area contributed by atoms with Gasteiger partial charge in [0.1, 0.15) is 0 Å². The van der Waals surface area contributed by atoms with E-state index >= 15 is 0 Å². The van der Waals surface area contributed by atoms with Gasteiger partial charge >= 0.3 is 0 Å². The molecule has 88 valence electrons. The summed E-state index contributed by atoms with van der Waals surface area (Å²) in [4.78, 5) is 23.8. The molecular weight excluding hydrogens is 220 g/mol. The van der Waals surface area contributed by atoms with Gasteiger partial charge in [-0.25, -0.2) is 0 Å². The van der Waals surface area contributed by atoms with Crippen molar-refractivity contribution >= 4 is 11.6 Å². The number of allylic oxidation sites excluding steroid dienone is 2. The molecule has 1 aromatic carbocycles. The van der Waals surface area contributed by atoms with E-state index < -0.39 is 11.5 Å². The van der Waals surface area contributed by atoms with Gasteiger partial charge in [0.15, 0.2) is 11.5 Å². The minimum absolute atomic E-state index is 0.0834. The Balaban J connectivity index is 2.47. The topological polar surface area (TPSA) is 74.6 Å². The van der Waals surface area contributed by atoms with Crippen LogP contribution in [0.5, 0.6) is 0 Å². The van der Waals surface area contributed by atoms with Gasteiger partial charge in [-0.1, -0.05) is 24.3 Å². The number of carbonyl (C=O) groups is 2. The van der Waals surface area contributed by atoms with Crippen LogP contribution < -0.4 is 0 Å². The van der Waals surface area contributed by atoms with Crippen LogP contribution in [0.15, 0.2) is 35.6 Å². The molecule has 1 aliphatic carbocycles. The van der Waals surface area contributed by atoms with Crippen LogP contribution in [-0.2, 0) is 0 Å². The Morgan fingerprint density at radius 3 is 2.18 bits per heavy atom. The smallest absolute Gasteiger partial charge is 0.228 e. The summed E-state index contributed by atoms with van der Waals surface area (Å²) >= 11 is 0. The molecule has 4 heteroatoms. The van der Waals surface area contributed by atoms with Crippen molar-refractivity contribution < 1.29 is 19.8 Å². The molecule has 0 spiro atoms. The van der Waals surface area contributed by atoms with E-state index in [2.05, 4.69) is 0 Å². The number of aliphatic hydroxyl groups excluding tert-OH is 2.